The van der Waals surface area contributed by atoms with Crippen molar-refractivity contribution in [3.05, 3.63) is 107 Å². The van der Waals surface area contributed by atoms with Gasteiger partial charge in [0.05, 0.1) is 55.5 Å². The summed E-state index contributed by atoms with van der Waals surface area (Å²) in [5.41, 5.74) is 11.1. The number of aromatic nitrogens is 4. The molecule has 2 aromatic heterocycles. The predicted molar refractivity (Wildman–Crippen MR) is 217 cm³/mol. The van der Waals surface area contributed by atoms with Crippen LogP contribution < -0.4 is 21.7 Å². The lowest BCUT2D eigenvalue weighted by atomic mass is 10.1. The number of ether oxygens (including phenoxy) is 2. The minimum absolute atomic E-state index is 0.00366. The molecule has 59 heavy (non-hydrogen) atoms. The number of hydrogen-bond donors (Lipinski definition) is 5. The van der Waals surface area contributed by atoms with Gasteiger partial charge in [-0.1, -0.05) is 30.3 Å². The van der Waals surface area contributed by atoms with Crippen molar-refractivity contribution in [1.29, 1.82) is 0 Å². The highest BCUT2D eigenvalue weighted by Gasteiger charge is 2.40. The Bertz CT molecular complexity index is 2310. The molecular formula is C42H45N9O8. The van der Waals surface area contributed by atoms with E-state index in [4.69, 9.17) is 15.2 Å². The van der Waals surface area contributed by atoms with Crippen LogP contribution in [0.5, 0.6) is 5.75 Å². The fourth-order valence-corrected chi connectivity index (χ4v) is 6.59. The van der Waals surface area contributed by atoms with Crippen LogP contribution in [0, 0.1) is 0 Å². The molecule has 3 aromatic carbocycles. The number of nitrogens with zero attached hydrogens (tertiary/aromatic N) is 5. The number of para-hydroxylation sites is 1. The number of nitrogens with one attached hydrogen (secondary N) is 3. The molecule has 1 aliphatic rings. The van der Waals surface area contributed by atoms with Crippen molar-refractivity contribution >= 4 is 41.5 Å². The van der Waals surface area contributed by atoms with E-state index in [0.29, 0.717) is 74.0 Å². The number of anilines is 2. The molecule has 0 fully saturated rings. The Morgan fingerprint density at radius 2 is 1.61 bits per heavy atom. The van der Waals surface area contributed by atoms with E-state index in [1.54, 1.807) is 78.5 Å². The summed E-state index contributed by atoms with van der Waals surface area (Å²) in [4.78, 5) is 62.3. The van der Waals surface area contributed by atoms with E-state index in [9.17, 15) is 29.1 Å². The number of benzene rings is 3. The number of carbonyl (C=O) groups is 5. The first-order valence-corrected chi connectivity index (χ1v) is 19.0. The third kappa shape index (κ3) is 9.95. The lowest BCUT2D eigenvalue weighted by Crippen LogP contribution is -2.38. The third-order valence-electron chi connectivity index (χ3n) is 9.83. The molecule has 0 aliphatic carbocycles. The number of nitrogen functional groups attached to an aromatic ring is 1. The number of phenolic OH excluding ortho intramolecular Hbond substituents is 1. The maximum Gasteiger partial charge on any atom is 0.263 e. The molecule has 0 bridgehead atoms. The number of hydrogen-bond acceptors (Lipinski definition) is 13. The van der Waals surface area contributed by atoms with Crippen molar-refractivity contribution in [3.8, 4) is 28.1 Å². The lowest BCUT2D eigenvalue weighted by Gasteiger charge is -2.22. The van der Waals surface area contributed by atoms with Crippen molar-refractivity contribution in [1.82, 2.24) is 35.5 Å². The smallest absolute Gasteiger partial charge is 0.263 e. The molecule has 5 amide bonds. The van der Waals surface area contributed by atoms with E-state index in [0.717, 1.165) is 16.0 Å². The SMILES string of the molecule is CC(CCC(=O)NC=O)N1C(=O)c2cccc(NCCOCCOCCNC(=O)c3ccc(C(C)n4cc(-c5cc(-c6ccccc6O)nnc5N)cn4)cc3)c2C1=O. The summed E-state index contributed by atoms with van der Waals surface area (Å²) in [7, 11) is 0. The molecule has 306 valence electrons. The zero-order valence-electron chi connectivity index (χ0n) is 32.6. The first-order valence-electron chi connectivity index (χ1n) is 19.0. The van der Waals surface area contributed by atoms with Gasteiger partial charge in [0.2, 0.25) is 12.3 Å². The van der Waals surface area contributed by atoms with E-state index in [-0.39, 0.29) is 47.5 Å². The molecule has 17 heteroatoms. The number of phenols is 1. The largest absolute Gasteiger partial charge is 0.507 e. The second-order valence-corrected chi connectivity index (χ2v) is 13.7. The molecule has 0 saturated carbocycles. The molecule has 17 nitrogen and oxygen atoms in total. The molecule has 6 N–H and O–H groups in total. The summed E-state index contributed by atoms with van der Waals surface area (Å²) in [6.07, 6.45) is 4.07. The predicted octanol–water partition coefficient (Wildman–Crippen LogP) is 3.82. The minimum Gasteiger partial charge on any atom is -0.507 e. The number of fused-ring (bicyclic) bond motifs is 1. The molecule has 3 heterocycles. The van der Waals surface area contributed by atoms with Crippen molar-refractivity contribution in [2.45, 2.75) is 38.8 Å². The number of carbonyl (C=O) groups excluding carboxylic acids is 5. The van der Waals surface area contributed by atoms with Gasteiger partial charge in [-0.05, 0) is 68.3 Å². The van der Waals surface area contributed by atoms with Crippen LogP contribution in [0.15, 0.2) is 85.2 Å². The fraction of sp³-hybridized carbons (Fsp3) is 0.286. The average molecular weight is 804 g/mol. The molecule has 0 spiro atoms. The van der Waals surface area contributed by atoms with Gasteiger partial charge in [-0.2, -0.15) is 5.10 Å². The molecule has 0 saturated heterocycles. The zero-order valence-corrected chi connectivity index (χ0v) is 32.6. The molecule has 0 radical (unpaired) electrons. The van der Waals surface area contributed by atoms with E-state index in [2.05, 4.69) is 31.2 Å². The monoisotopic (exact) mass is 803 g/mol. The molecule has 6 rings (SSSR count). The molecule has 2 unspecified atom stereocenters. The van der Waals surface area contributed by atoms with Gasteiger partial charge in [0.25, 0.3) is 17.7 Å². The second-order valence-electron chi connectivity index (χ2n) is 13.7. The summed E-state index contributed by atoms with van der Waals surface area (Å²) in [6.45, 7) is 5.58. The summed E-state index contributed by atoms with van der Waals surface area (Å²) in [5.74, 6) is -1.26. The highest BCUT2D eigenvalue weighted by Crippen LogP contribution is 2.33. The van der Waals surface area contributed by atoms with Crippen molar-refractivity contribution < 1.29 is 38.6 Å². The van der Waals surface area contributed by atoms with Gasteiger partial charge in [-0.3, -0.25) is 38.9 Å². The van der Waals surface area contributed by atoms with Gasteiger partial charge in [0.1, 0.15) is 5.75 Å². The van der Waals surface area contributed by atoms with Gasteiger partial charge in [-0.15, -0.1) is 10.2 Å². The van der Waals surface area contributed by atoms with E-state index in [1.165, 1.54) is 0 Å². The van der Waals surface area contributed by atoms with Crippen molar-refractivity contribution in [2.75, 3.05) is 50.6 Å². The summed E-state index contributed by atoms with van der Waals surface area (Å²) >= 11 is 0. The van der Waals surface area contributed by atoms with Gasteiger partial charge < -0.3 is 30.9 Å². The number of aromatic hydroxyl groups is 1. The summed E-state index contributed by atoms with van der Waals surface area (Å²) in [6, 6.07) is 20.2. The standard InChI is InChI=1S/C42H45N9O8/c1-26(10-15-37(54)46-25-52)51-41(56)32-7-5-8-34(38(32)42(51)57)44-16-18-58-20-21-59-19-17-45-40(55)29-13-11-28(12-14-29)27(2)50-24-30(23-47-50)33-22-35(48-49-39(33)43)31-6-3-4-9-36(31)53/h3-9,11-14,22-27,44,53H,10,15-21H2,1-2H3,(H2,43,49)(H,45,55)(H,46,52,54). The molecule has 5 aromatic rings. The Kier molecular flexibility index (Phi) is 13.7. The quantitative estimate of drug-likeness (QED) is 0.0429. The van der Waals surface area contributed by atoms with E-state index >= 15 is 0 Å². The Morgan fingerprint density at radius 3 is 2.36 bits per heavy atom. The van der Waals surface area contributed by atoms with Crippen molar-refractivity contribution in [2.24, 2.45) is 0 Å². The topological polar surface area (TPSA) is 233 Å². The number of nitrogens with two attached hydrogens (primary N) is 1. The number of imide groups is 2. The lowest BCUT2D eigenvalue weighted by molar-refractivity contribution is -0.125. The van der Waals surface area contributed by atoms with Crippen LogP contribution in [0.25, 0.3) is 22.4 Å². The van der Waals surface area contributed by atoms with Gasteiger partial charge >= 0.3 is 0 Å². The second kappa shape index (κ2) is 19.4. The highest BCUT2D eigenvalue weighted by molar-refractivity contribution is 6.24. The maximum absolute atomic E-state index is 13.2. The van der Waals surface area contributed by atoms with E-state index < -0.39 is 23.8 Å². The van der Waals surface area contributed by atoms with Crippen LogP contribution in [0.4, 0.5) is 11.5 Å². The Morgan fingerprint density at radius 1 is 0.881 bits per heavy atom. The van der Waals surface area contributed by atoms with Crippen LogP contribution >= 0.6 is 0 Å². The third-order valence-corrected chi connectivity index (χ3v) is 9.83. The zero-order chi connectivity index (χ0) is 41.9. The molecular weight excluding hydrogens is 759 g/mol. The normalized spacial score (nSPS) is 13.2. The maximum atomic E-state index is 13.2. The summed E-state index contributed by atoms with van der Waals surface area (Å²) < 4.78 is 13.0. The van der Waals surface area contributed by atoms with E-state index in [1.807, 2.05) is 25.3 Å². The minimum atomic E-state index is -0.539. The average Bonchev–Trinajstić information content (AvgIpc) is 3.83. The van der Waals surface area contributed by atoms with Crippen LogP contribution in [0.1, 0.15) is 69.4 Å². The fourth-order valence-electron chi connectivity index (χ4n) is 6.59. The van der Waals surface area contributed by atoms with Crippen LogP contribution in [0.3, 0.4) is 0 Å². The molecule has 1 aliphatic heterocycles. The first kappa shape index (κ1) is 41.6. The number of amides is 5. The number of rotatable bonds is 20. The van der Waals surface area contributed by atoms with Crippen molar-refractivity contribution in [3.63, 3.8) is 0 Å². The Labute approximate surface area is 339 Å². The van der Waals surface area contributed by atoms with Gasteiger partial charge in [0.15, 0.2) is 5.82 Å². The molecule has 2 atom stereocenters. The van der Waals surface area contributed by atoms with Crippen LogP contribution in [-0.2, 0) is 19.1 Å². The van der Waals surface area contributed by atoms with Crippen LogP contribution in [-0.4, -0.2) is 106 Å². The first-order chi connectivity index (χ1) is 28.6. The highest BCUT2D eigenvalue weighted by atomic mass is 16.5. The van der Waals surface area contributed by atoms with Gasteiger partial charge in [-0.25, -0.2) is 0 Å². The Balaban J connectivity index is 0.882. The van der Waals surface area contributed by atoms with Gasteiger partial charge in [0, 0.05) is 59.7 Å². The summed E-state index contributed by atoms with van der Waals surface area (Å²) in [5, 5.41) is 31.1. The Hall–Kier alpha value is -6.98. The van der Waals surface area contributed by atoms with Crippen LogP contribution in [0.2, 0.25) is 0 Å².